The fourth-order valence-electron chi connectivity index (χ4n) is 3.53. The Morgan fingerprint density at radius 1 is 0.667 bits per heavy atom. The highest BCUT2D eigenvalue weighted by Crippen LogP contribution is 2.30. The summed E-state index contributed by atoms with van der Waals surface area (Å²) in [6, 6.07) is 30.4. The number of carbonyl (C=O) groups excluding carboxylic acids is 1. The molecule has 0 spiro atoms. The van der Waals surface area contributed by atoms with Crippen LogP contribution in [0.25, 0.3) is 0 Å². The van der Waals surface area contributed by atoms with Crippen molar-refractivity contribution in [3.8, 4) is 11.5 Å². The summed E-state index contributed by atoms with van der Waals surface area (Å²) in [5, 5.41) is 6.49. The van der Waals surface area contributed by atoms with Gasteiger partial charge in [-0.15, -0.1) is 0 Å². The number of hydrogen-bond donors (Lipinski definition) is 2. The maximum absolute atomic E-state index is 12.3. The third kappa shape index (κ3) is 7.94. The monoisotopic (exact) mass is 520 g/mol. The minimum atomic E-state index is -0.336. The average Bonchev–Trinajstić information content (AvgIpc) is 2.87. The highest BCUT2D eigenvalue weighted by Gasteiger charge is 2.10. The smallest absolute Gasteiger partial charge is 0.319 e. The number of anilines is 1. The molecular formula is C29H26Cl2N2O3. The first-order valence-corrected chi connectivity index (χ1v) is 12.3. The quantitative estimate of drug-likeness (QED) is 0.227. The lowest BCUT2D eigenvalue weighted by Crippen LogP contribution is -2.30. The molecule has 0 radical (unpaired) electrons. The molecule has 0 saturated heterocycles. The highest BCUT2D eigenvalue weighted by molar-refractivity contribution is 6.35. The summed E-state index contributed by atoms with van der Waals surface area (Å²) < 4.78 is 12.2. The zero-order valence-corrected chi connectivity index (χ0v) is 21.1. The minimum Gasteiger partial charge on any atom is -0.485 e. The predicted octanol–water partition coefficient (Wildman–Crippen LogP) is 7.52. The van der Waals surface area contributed by atoms with Crippen LogP contribution in [0.2, 0.25) is 10.0 Å². The van der Waals surface area contributed by atoms with Crippen molar-refractivity contribution in [2.45, 2.75) is 19.6 Å². The summed E-state index contributed by atoms with van der Waals surface area (Å²) in [4.78, 5) is 12.3. The molecule has 0 aliphatic heterocycles. The summed E-state index contributed by atoms with van der Waals surface area (Å²) >= 11 is 12.0. The molecule has 0 aromatic heterocycles. The molecule has 0 aliphatic rings. The van der Waals surface area contributed by atoms with Crippen molar-refractivity contribution < 1.29 is 14.3 Å². The maximum atomic E-state index is 12.3. The van der Waals surface area contributed by atoms with Gasteiger partial charge in [-0.05, 0) is 53.4 Å². The van der Waals surface area contributed by atoms with E-state index in [4.69, 9.17) is 32.7 Å². The van der Waals surface area contributed by atoms with Gasteiger partial charge in [0.05, 0.1) is 0 Å². The van der Waals surface area contributed by atoms with Crippen LogP contribution in [0.5, 0.6) is 11.5 Å². The molecule has 0 aliphatic carbocycles. The molecule has 36 heavy (non-hydrogen) atoms. The normalized spacial score (nSPS) is 10.5. The van der Waals surface area contributed by atoms with E-state index in [9.17, 15) is 4.79 Å². The highest BCUT2D eigenvalue weighted by atomic mass is 35.5. The third-order valence-corrected chi connectivity index (χ3v) is 5.74. The Morgan fingerprint density at radius 2 is 1.25 bits per heavy atom. The predicted molar refractivity (Wildman–Crippen MR) is 145 cm³/mol. The number of rotatable bonds is 10. The van der Waals surface area contributed by atoms with Crippen molar-refractivity contribution in [2.75, 3.05) is 11.9 Å². The van der Waals surface area contributed by atoms with Gasteiger partial charge in [0.25, 0.3) is 0 Å². The Labute approximate surface area is 221 Å². The second kappa shape index (κ2) is 12.9. The van der Waals surface area contributed by atoms with Gasteiger partial charge in [0.2, 0.25) is 0 Å². The molecule has 2 N–H and O–H groups in total. The number of hydrogen-bond acceptors (Lipinski definition) is 3. The number of amides is 2. The van der Waals surface area contributed by atoms with Gasteiger partial charge in [-0.1, -0.05) is 89.9 Å². The maximum Gasteiger partial charge on any atom is 0.319 e. The van der Waals surface area contributed by atoms with Crippen molar-refractivity contribution in [1.29, 1.82) is 0 Å². The Hall–Kier alpha value is -3.67. The van der Waals surface area contributed by atoms with Crippen molar-refractivity contribution in [2.24, 2.45) is 0 Å². The Kier molecular flexibility index (Phi) is 9.09. The Bertz CT molecular complexity index is 1260. The van der Waals surface area contributed by atoms with Crippen LogP contribution >= 0.6 is 23.2 Å². The van der Waals surface area contributed by atoms with Crippen LogP contribution in [0, 0.1) is 0 Å². The Balaban J connectivity index is 1.37. The first-order valence-electron chi connectivity index (χ1n) is 11.5. The number of benzene rings is 4. The van der Waals surface area contributed by atoms with Gasteiger partial charge in [0, 0.05) is 22.3 Å². The molecular weight excluding hydrogens is 495 g/mol. The zero-order valence-electron chi connectivity index (χ0n) is 19.5. The van der Waals surface area contributed by atoms with E-state index in [1.54, 1.807) is 18.2 Å². The molecule has 4 rings (SSSR count). The summed E-state index contributed by atoms with van der Waals surface area (Å²) in [5.74, 6) is 1.33. The van der Waals surface area contributed by atoms with Crippen molar-refractivity contribution in [1.82, 2.24) is 5.32 Å². The average molecular weight is 521 g/mol. The van der Waals surface area contributed by atoms with E-state index in [0.717, 1.165) is 16.7 Å². The molecule has 4 aromatic carbocycles. The van der Waals surface area contributed by atoms with Crippen LogP contribution < -0.4 is 20.1 Å². The number of nitrogens with one attached hydrogen (secondary N) is 2. The van der Waals surface area contributed by atoms with E-state index >= 15 is 0 Å². The van der Waals surface area contributed by atoms with Crippen LogP contribution in [0.4, 0.5) is 10.5 Å². The van der Waals surface area contributed by atoms with E-state index < -0.39 is 0 Å². The van der Waals surface area contributed by atoms with Crippen LogP contribution in [0.3, 0.4) is 0 Å². The molecule has 2 amide bonds. The number of halogens is 2. The Morgan fingerprint density at radius 3 is 1.86 bits per heavy atom. The summed E-state index contributed by atoms with van der Waals surface area (Å²) in [7, 11) is 0. The molecule has 7 heteroatoms. The lowest BCUT2D eigenvalue weighted by molar-refractivity contribution is 0.252. The lowest BCUT2D eigenvalue weighted by Gasteiger charge is -2.15. The van der Waals surface area contributed by atoms with E-state index in [1.807, 2.05) is 78.9 Å². The third-order valence-electron chi connectivity index (χ3n) is 5.30. The second-order valence-corrected chi connectivity index (χ2v) is 8.99. The van der Waals surface area contributed by atoms with E-state index in [1.165, 1.54) is 0 Å². The van der Waals surface area contributed by atoms with E-state index in [0.29, 0.717) is 53.4 Å². The van der Waals surface area contributed by atoms with Crippen LogP contribution in [0.1, 0.15) is 16.7 Å². The number of ether oxygens (including phenoxy) is 2. The molecule has 0 heterocycles. The fourth-order valence-corrected chi connectivity index (χ4v) is 4.06. The lowest BCUT2D eigenvalue weighted by atomic mass is 10.1. The van der Waals surface area contributed by atoms with Crippen molar-refractivity contribution in [3.63, 3.8) is 0 Å². The van der Waals surface area contributed by atoms with Gasteiger partial charge in [-0.2, -0.15) is 0 Å². The molecule has 0 fully saturated rings. The fraction of sp³-hybridized carbons (Fsp3) is 0.138. The van der Waals surface area contributed by atoms with Gasteiger partial charge in [-0.3, -0.25) is 0 Å². The number of carbonyl (C=O) groups is 1. The van der Waals surface area contributed by atoms with Gasteiger partial charge < -0.3 is 20.1 Å². The van der Waals surface area contributed by atoms with Crippen LogP contribution in [-0.2, 0) is 19.6 Å². The summed E-state index contributed by atoms with van der Waals surface area (Å²) in [6.07, 6.45) is 0.615. The summed E-state index contributed by atoms with van der Waals surface area (Å²) in [5.41, 5.74) is 3.68. The molecule has 0 saturated carbocycles. The first kappa shape index (κ1) is 25.4. The molecule has 184 valence electrons. The van der Waals surface area contributed by atoms with Gasteiger partial charge >= 0.3 is 6.03 Å². The standard InChI is InChI=1S/C29H26Cl2N2O3/c30-24-16-25(31)18-26(17-24)33-29(34)32-14-13-21-11-12-27(35-19-22-7-3-1-4-8-22)28(15-21)36-20-23-9-5-2-6-10-23/h1-12,15-18H,13-14,19-20H2,(H2,32,33,34). The molecule has 0 bridgehead atoms. The van der Waals surface area contributed by atoms with Crippen LogP contribution in [-0.4, -0.2) is 12.6 Å². The molecule has 5 nitrogen and oxygen atoms in total. The van der Waals surface area contributed by atoms with E-state index in [2.05, 4.69) is 10.6 Å². The topological polar surface area (TPSA) is 59.6 Å². The second-order valence-electron chi connectivity index (χ2n) is 8.12. The number of urea groups is 1. The SMILES string of the molecule is O=C(NCCc1ccc(OCc2ccccc2)c(OCc2ccccc2)c1)Nc1cc(Cl)cc(Cl)c1. The minimum absolute atomic E-state index is 0.336. The molecule has 0 atom stereocenters. The van der Waals surface area contributed by atoms with Crippen molar-refractivity contribution >= 4 is 34.9 Å². The summed E-state index contributed by atoms with van der Waals surface area (Å²) in [6.45, 7) is 1.30. The largest absolute Gasteiger partial charge is 0.485 e. The van der Waals surface area contributed by atoms with Crippen LogP contribution in [0.15, 0.2) is 97.1 Å². The van der Waals surface area contributed by atoms with E-state index in [-0.39, 0.29) is 6.03 Å². The first-order chi connectivity index (χ1) is 17.5. The van der Waals surface area contributed by atoms with Gasteiger partial charge in [0.1, 0.15) is 13.2 Å². The molecule has 0 unspecified atom stereocenters. The van der Waals surface area contributed by atoms with Crippen molar-refractivity contribution in [3.05, 3.63) is 124 Å². The van der Waals surface area contributed by atoms with Gasteiger partial charge in [0.15, 0.2) is 11.5 Å². The zero-order chi connectivity index (χ0) is 25.2. The molecule has 4 aromatic rings. The van der Waals surface area contributed by atoms with Gasteiger partial charge in [-0.25, -0.2) is 4.79 Å².